The Bertz CT molecular complexity index is 1300. The van der Waals surface area contributed by atoms with Crippen LogP contribution >= 0.6 is 12.6 Å². The number of para-hydroxylation sites is 1. The Balaban J connectivity index is 1.78. The van der Waals surface area contributed by atoms with Gasteiger partial charge in [-0.2, -0.15) is 12.6 Å². The second-order valence-electron chi connectivity index (χ2n) is 9.73. The molecule has 11 heteroatoms. The van der Waals surface area contributed by atoms with E-state index in [1.807, 2.05) is 54.6 Å². The van der Waals surface area contributed by atoms with Crippen molar-refractivity contribution in [2.45, 2.75) is 50.9 Å². The maximum Gasteiger partial charge on any atom is 0.327 e. The maximum absolute atomic E-state index is 13.4. The Kier molecular flexibility index (Phi) is 10.5. The number of hydrogen-bond acceptors (Lipinski definition) is 6. The van der Waals surface area contributed by atoms with Gasteiger partial charge < -0.3 is 31.8 Å². The van der Waals surface area contributed by atoms with Gasteiger partial charge in [-0.15, -0.1) is 0 Å². The van der Waals surface area contributed by atoms with Gasteiger partial charge in [-0.3, -0.25) is 14.4 Å². The first kappa shape index (κ1) is 29.7. The molecule has 0 aliphatic rings. The zero-order valence-corrected chi connectivity index (χ0v) is 22.8. The summed E-state index contributed by atoms with van der Waals surface area (Å²) in [5, 5.41) is 18.1. The largest absolute Gasteiger partial charge is 0.480 e. The first-order chi connectivity index (χ1) is 18.6. The number of aliphatic carboxylic acids is 1. The van der Waals surface area contributed by atoms with E-state index >= 15 is 0 Å². The van der Waals surface area contributed by atoms with Crippen molar-refractivity contribution in [3.63, 3.8) is 0 Å². The molecule has 4 atom stereocenters. The average molecular weight is 554 g/mol. The molecule has 3 rings (SSSR count). The average Bonchev–Trinajstić information content (AvgIpc) is 3.32. The topological polar surface area (TPSA) is 166 Å². The van der Waals surface area contributed by atoms with Crippen molar-refractivity contribution in [2.75, 3.05) is 5.75 Å². The Morgan fingerprint density at radius 1 is 0.872 bits per heavy atom. The normalized spacial score (nSPS) is 14.3. The smallest absolute Gasteiger partial charge is 0.327 e. The van der Waals surface area contributed by atoms with Gasteiger partial charge in [-0.1, -0.05) is 62.4 Å². The minimum absolute atomic E-state index is 0.0901. The molecule has 0 spiro atoms. The Morgan fingerprint density at radius 3 is 2.15 bits per heavy atom. The van der Waals surface area contributed by atoms with Crippen LogP contribution in [-0.4, -0.2) is 63.7 Å². The van der Waals surface area contributed by atoms with Crippen molar-refractivity contribution in [2.24, 2.45) is 11.7 Å². The summed E-state index contributed by atoms with van der Waals surface area (Å²) in [4.78, 5) is 54.1. The number of thiol groups is 1. The minimum Gasteiger partial charge on any atom is -0.480 e. The number of carboxylic acid groups (broad SMARTS) is 1. The molecule has 208 valence electrons. The number of carbonyl (C=O) groups excluding carboxylic acids is 3. The van der Waals surface area contributed by atoms with Gasteiger partial charge in [0, 0.05) is 29.3 Å². The Hall–Kier alpha value is -3.83. The van der Waals surface area contributed by atoms with E-state index in [0.717, 1.165) is 22.0 Å². The van der Waals surface area contributed by atoms with Crippen LogP contribution in [-0.2, 0) is 32.0 Å². The highest BCUT2D eigenvalue weighted by Crippen LogP contribution is 2.19. The first-order valence-electron chi connectivity index (χ1n) is 12.7. The summed E-state index contributed by atoms with van der Waals surface area (Å²) in [7, 11) is 0. The number of rotatable bonds is 13. The number of carbonyl (C=O) groups is 4. The molecule has 4 unspecified atom stereocenters. The zero-order valence-electron chi connectivity index (χ0n) is 21.9. The van der Waals surface area contributed by atoms with Gasteiger partial charge in [0.05, 0.1) is 6.04 Å². The molecule has 3 amide bonds. The van der Waals surface area contributed by atoms with Crippen molar-refractivity contribution < 1.29 is 24.3 Å². The van der Waals surface area contributed by atoms with Gasteiger partial charge in [0.15, 0.2) is 0 Å². The molecule has 0 saturated carbocycles. The summed E-state index contributed by atoms with van der Waals surface area (Å²) in [5.41, 5.74) is 8.62. The first-order valence-corrected chi connectivity index (χ1v) is 13.3. The lowest BCUT2D eigenvalue weighted by Crippen LogP contribution is -2.59. The SMILES string of the molecule is CC(C)C(NC(=O)C(N)Cc1ccccc1)C(=O)NC(Cc1c[nH]c2ccccc12)C(=O)NC(CS)C(=O)O. The summed E-state index contributed by atoms with van der Waals surface area (Å²) in [6.07, 6.45) is 2.13. The summed E-state index contributed by atoms with van der Waals surface area (Å²) in [6, 6.07) is 12.6. The maximum atomic E-state index is 13.4. The zero-order chi connectivity index (χ0) is 28.5. The van der Waals surface area contributed by atoms with Crippen LogP contribution in [0, 0.1) is 5.92 Å². The summed E-state index contributed by atoms with van der Waals surface area (Å²) in [6.45, 7) is 3.53. The van der Waals surface area contributed by atoms with Crippen molar-refractivity contribution in [3.05, 3.63) is 71.9 Å². The van der Waals surface area contributed by atoms with E-state index in [9.17, 15) is 24.3 Å². The molecule has 0 radical (unpaired) electrons. The van der Waals surface area contributed by atoms with Crippen molar-refractivity contribution in [3.8, 4) is 0 Å². The minimum atomic E-state index is -1.24. The number of benzene rings is 2. The van der Waals surface area contributed by atoms with Crippen LogP contribution in [0.3, 0.4) is 0 Å². The van der Waals surface area contributed by atoms with E-state index in [4.69, 9.17) is 5.73 Å². The fourth-order valence-electron chi connectivity index (χ4n) is 4.20. The van der Waals surface area contributed by atoms with Gasteiger partial charge in [0.2, 0.25) is 17.7 Å². The third-order valence-corrected chi connectivity index (χ3v) is 6.78. The summed E-state index contributed by atoms with van der Waals surface area (Å²) < 4.78 is 0. The highest BCUT2D eigenvalue weighted by Gasteiger charge is 2.32. The van der Waals surface area contributed by atoms with Crippen LogP contribution in [0.4, 0.5) is 0 Å². The van der Waals surface area contributed by atoms with E-state index < -0.39 is 47.9 Å². The number of amides is 3. The van der Waals surface area contributed by atoms with Crippen molar-refractivity contribution >= 4 is 47.2 Å². The number of nitrogens with two attached hydrogens (primary N) is 1. The van der Waals surface area contributed by atoms with Crippen LogP contribution in [0.5, 0.6) is 0 Å². The highest BCUT2D eigenvalue weighted by molar-refractivity contribution is 7.80. The van der Waals surface area contributed by atoms with Crippen LogP contribution in [0.1, 0.15) is 25.0 Å². The number of carboxylic acids is 1. The molecule has 0 bridgehead atoms. The van der Waals surface area contributed by atoms with E-state index in [-0.39, 0.29) is 18.1 Å². The van der Waals surface area contributed by atoms with Crippen LogP contribution in [0.2, 0.25) is 0 Å². The van der Waals surface area contributed by atoms with Gasteiger partial charge in [0.1, 0.15) is 18.1 Å². The fourth-order valence-corrected chi connectivity index (χ4v) is 4.45. The van der Waals surface area contributed by atoms with Crippen molar-refractivity contribution in [1.82, 2.24) is 20.9 Å². The van der Waals surface area contributed by atoms with E-state index in [0.29, 0.717) is 6.42 Å². The summed E-state index contributed by atoms with van der Waals surface area (Å²) in [5.74, 6) is -3.44. The Morgan fingerprint density at radius 2 is 1.51 bits per heavy atom. The van der Waals surface area contributed by atoms with E-state index in [1.54, 1.807) is 20.0 Å². The molecule has 2 aromatic carbocycles. The summed E-state index contributed by atoms with van der Waals surface area (Å²) >= 11 is 4.01. The molecule has 1 heterocycles. The van der Waals surface area contributed by atoms with Gasteiger partial charge in [0.25, 0.3) is 0 Å². The lowest BCUT2D eigenvalue weighted by molar-refractivity contribution is -0.141. The molecule has 3 aromatic rings. The number of aromatic nitrogens is 1. The van der Waals surface area contributed by atoms with E-state index in [2.05, 4.69) is 33.6 Å². The molecular formula is C28H35N5O5S. The van der Waals surface area contributed by atoms with Crippen molar-refractivity contribution in [1.29, 1.82) is 0 Å². The number of hydrogen-bond donors (Lipinski definition) is 7. The fraction of sp³-hybridized carbons (Fsp3) is 0.357. The lowest BCUT2D eigenvalue weighted by atomic mass is 9.99. The van der Waals surface area contributed by atoms with Crippen LogP contribution in [0.15, 0.2) is 60.8 Å². The third kappa shape index (κ3) is 8.08. The molecule has 10 nitrogen and oxygen atoms in total. The van der Waals surface area contributed by atoms with Gasteiger partial charge in [-0.05, 0) is 29.5 Å². The number of H-pyrrole nitrogens is 1. The Labute approximate surface area is 232 Å². The molecule has 0 aliphatic carbocycles. The lowest BCUT2D eigenvalue weighted by Gasteiger charge is -2.27. The molecule has 0 aliphatic heterocycles. The van der Waals surface area contributed by atoms with Gasteiger partial charge in [-0.25, -0.2) is 4.79 Å². The molecule has 0 fully saturated rings. The number of nitrogens with one attached hydrogen (secondary N) is 4. The molecule has 0 saturated heterocycles. The second kappa shape index (κ2) is 13.8. The molecular weight excluding hydrogens is 518 g/mol. The monoisotopic (exact) mass is 553 g/mol. The van der Waals surface area contributed by atoms with Crippen LogP contribution < -0.4 is 21.7 Å². The molecule has 7 N–H and O–H groups in total. The molecule has 39 heavy (non-hydrogen) atoms. The quantitative estimate of drug-likeness (QED) is 0.158. The standard InChI is InChI=1S/C28H35N5O5S/c1-16(2)24(33-25(34)20(29)12-17-8-4-3-5-9-17)27(36)31-22(26(35)32-23(15-39)28(37)38)13-18-14-30-21-11-7-6-10-19(18)21/h3-11,14,16,20,22-24,30,39H,12-13,15,29H2,1-2H3,(H,31,36)(H,32,35)(H,33,34)(H,37,38). The van der Waals surface area contributed by atoms with E-state index in [1.165, 1.54) is 0 Å². The number of aromatic amines is 1. The van der Waals surface area contributed by atoms with Gasteiger partial charge >= 0.3 is 5.97 Å². The van der Waals surface area contributed by atoms with Crippen LogP contribution in [0.25, 0.3) is 10.9 Å². The highest BCUT2D eigenvalue weighted by atomic mass is 32.1. The molecule has 1 aromatic heterocycles. The predicted molar refractivity (Wildman–Crippen MR) is 152 cm³/mol. The number of fused-ring (bicyclic) bond motifs is 1. The third-order valence-electron chi connectivity index (χ3n) is 6.41. The predicted octanol–water partition coefficient (Wildman–Crippen LogP) is 1.41. The second-order valence-corrected chi connectivity index (χ2v) is 10.1.